The number of carbonyl (C=O) groups excluding carboxylic acids is 1. The Balaban J connectivity index is 2.03. The summed E-state index contributed by atoms with van der Waals surface area (Å²) in [4.78, 5) is 13.4. The fourth-order valence-corrected chi connectivity index (χ4v) is 2.08. The molecule has 1 atom stereocenters. The molecule has 1 aliphatic heterocycles. The fraction of sp³-hybridized carbons (Fsp3) is 0.462. The van der Waals surface area contributed by atoms with E-state index in [9.17, 15) is 4.79 Å². The predicted octanol–water partition coefficient (Wildman–Crippen LogP) is 1.36. The van der Waals surface area contributed by atoms with E-state index in [0.29, 0.717) is 26.1 Å². The van der Waals surface area contributed by atoms with Crippen molar-refractivity contribution in [3.8, 4) is 5.75 Å². The Kier molecular flexibility index (Phi) is 4.04. The molecule has 0 saturated carbocycles. The predicted molar refractivity (Wildman–Crippen MR) is 67.3 cm³/mol. The number of rotatable bonds is 5. The lowest BCUT2D eigenvalue weighted by Gasteiger charge is -2.15. The van der Waals surface area contributed by atoms with E-state index in [1.54, 1.807) is 12.0 Å². The highest BCUT2D eigenvalue weighted by molar-refractivity contribution is 5.70. The monoisotopic (exact) mass is 250 g/mol. The smallest absolute Gasteiger partial charge is 0.410 e. The summed E-state index contributed by atoms with van der Waals surface area (Å²) in [6.07, 6.45) is 0.338. The fourth-order valence-electron chi connectivity index (χ4n) is 2.08. The molecule has 0 aromatic heterocycles. The van der Waals surface area contributed by atoms with Gasteiger partial charge in [-0.25, -0.2) is 4.79 Å². The van der Waals surface area contributed by atoms with Gasteiger partial charge in [0.05, 0.1) is 20.2 Å². The summed E-state index contributed by atoms with van der Waals surface area (Å²) in [6, 6.07) is 7.66. The standard InChI is InChI=1S/C13H18N2O3/c1-17-12-5-3-2-4-10(12)8-15-9-11(6-7-14)18-13(15)16/h2-5,11H,6-9,14H2,1H3. The summed E-state index contributed by atoms with van der Waals surface area (Å²) in [5, 5.41) is 0. The number of amides is 1. The normalized spacial score (nSPS) is 18.9. The highest BCUT2D eigenvalue weighted by Gasteiger charge is 2.30. The van der Waals surface area contributed by atoms with Crippen LogP contribution < -0.4 is 10.5 Å². The van der Waals surface area contributed by atoms with Crippen molar-refractivity contribution in [1.29, 1.82) is 0 Å². The van der Waals surface area contributed by atoms with Crippen LogP contribution in [0.2, 0.25) is 0 Å². The first kappa shape index (κ1) is 12.7. The van der Waals surface area contributed by atoms with Gasteiger partial charge in [-0.15, -0.1) is 0 Å². The highest BCUT2D eigenvalue weighted by Crippen LogP contribution is 2.22. The van der Waals surface area contributed by atoms with E-state index in [1.807, 2.05) is 24.3 Å². The molecule has 1 saturated heterocycles. The number of para-hydroxylation sites is 1. The number of ether oxygens (including phenoxy) is 2. The molecule has 1 fully saturated rings. The first-order valence-electron chi connectivity index (χ1n) is 6.02. The zero-order valence-electron chi connectivity index (χ0n) is 10.5. The van der Waals surface area contributed by atoms with Crippen molar-refractivity contribution < 1.29 is 14.3 Å². The molecule has 1 aromatic rings. The quantitative estimate of drug-likeness (QED) is 0.857. The second-order valence-corrected chi connectivity index (χ2v) is 4.28. The van der Waals surface area contributed by atoms with Crippen LogP contribution in [0.15, 0.2) is 24.3 Å². The summed E-state index contributed by atoms with van der Waals surface area (Å²) >= 11 is 0. The molecule has 1 unspecified atom stereocenters. The van der Waals surface area contributed by atoms with Crippen molar-refractivity contribution in [1.82, 2.24) is 4.90 Å². The van der Waals surface area contributed by atoms with Crippen LogP contribution >= 0.6 is 0 Å². The minimum absolute atomic E-state index is 0.0859. The molecule has 2 N–H and O–H groups in total. The molecule has 1 amide bonds. The van der Waals surface area contributed by atoms with Gasteiger partial charge in [-0.1, -0.05) is 18.2 Å². The van der Waals surface area contributed by atoms with E-state index < -0.39 is 0 Å². The molecule has 1 aromatic carbocycles. The lowest BCUT2D eigenvalue weighted by molar-refractivity contribution is 0.129. The molecule has 5 heteroatoms. The Morgan fingerprint density at radius 1 is 1.50 bits per heavy atom. The number of hydrogen-bond acceptors (Lipinski definition) is 4. The Morgan fingerprint density at radius 3 is 3.00 bits per heavy atom. The van der Waals surface area contributed by atoms with Crippen molar-refractivity contribution in [3.63, 3.8) is 0 Å². The molecular formula is C13H18N2O3. The lowest BCUT2D eigenvalue weighted by atomic mass is 10.2. The number of nitrogens with zero attached hydrogens (tertiary/aromatic N) is 1. The van der Waals surface area contributed by atoms with Gasteiger partial charge in [-0.05, 0) is 19.0 Å². The van der Waals surface area contributed by atoms with Crippen molar-refractivity contribution in [3.05, 3.63) is 29.8 Å². The van der Waals surface area contributed by atoms with Gasteiger partial charge in [-0.2, -0.15) is 0 Å². The summed E-state index contributed by atoms with van der Waals surface area (Å²) in [5.74, 6) is 0.785. The number of benzene rings is 1. The maximum absolute atomic E-state index is 11.7. The second kappa shape index (κ2) is 5.73. The summed E-state index contributed by atoms with van der Waals surface area (Å²) in [7, 11) is 1.62. The Hall–Kier alpha value is -1.75. The van der Waals surface area contributed by atoms with Crippen molar-refractivity contribution in [2.75, 3.05) is 20.2 Å². The molecule has 0 aliphatic carbocycles. The second-order valence-electron chi connectivity index (χ2n) is 4.28. The highest BCUT2D eigenvalue weighted by atomic mass is 16.6. The molecule has 5 nitrogen and oxygen atoms in total. The van der Waals surface area contributed by atoms with Crippen LogP contribution in [0, 0.1) is 0 Å². The largest absolute Gasteiger partial charge is 0.496 e. The van der Waals surface area contributed by atoms with E-state index in [2.05, 4.69) is 0 Å². The van der Waals surface area contributed by atoms with E-state index in [0.717, 1.165) is 11.3 Å². The molecule has 0 bridgehead atoms. The van der Waals surface area contributed by atoms with Gasteiger partial charge in [0.25, 0.3) is 0 Å². The molecule has 98 valence electrons. The zero-order valence-corrected chi connectivity index (χ0v) is 10.5. The Morgan fingerprint density at radius 2 is 2.28 bits per heavy atom. The van der Waals surface area contributed by atoms with Gasteiger partial charge in [-0.3, -0.25) is 0 Å². The third kappa shape index (κ3) is 2.73. The first-order valence-corrected chi connectivity index (χ1v) is 6.02. The molecule has 1 heterocycles. The average Bonchev–Trinajstić information content (AvgIpc) is 2.71. The van der Waals surface area contributed by atoms with Crippen molar-refractivity contribution in [2.45, 2.75) is 19.1 Å². The topological polar surface area (TPSA) is 64.8 Å². The maximum atomic E-state index is 11.7. The van der Waals surface area contributed by atoms with Gasteiger partial charge in [0.2, 0.25) is 0 Å². The molecule has 2 rings (SSSR count). The maximum Gasteiger partial charge on any atom is 0.410 e. The van der Waals surface area contributed by atoms with Gasteiger partial charge in [0.15, 0.2) is 0 Å². The summed E-state index contributed by atoms with van der Waals surface area (Å²) in [5.41, 5.74) is 6.44. The molecule has 1 aliphatic rings. The van der Waals surface area contributed by atoms with E-state index >= 15 is 0 Å². The third-order valence-corrected chi connectivity index (χ3v) is 2.99. The number of methoxy groups -OCH3 is 1. The summed E-state index contributed by atoms with van der Waals surface area (Å²) in [6.45, 7) is 1.62. The minimum atomic E-state index is -0.278. The number of hydrogen-bond donors (Lipinski definition) is 1. The summed E-state index contributed by atoms with van der Waals surface area (Å²) < 4.78 is 10.5. The van der Waals surface area contributed by atoms with Crippen LogP contribution in [0.3, 0.4) is 0 Å². The van der Waals surface area contributed by atoms with Crippen LogP contribution in [0.1, 0.15) is 12.0 Å². The van der Waals surface area contributed by atoms with Gasteiger partial charge in [0.1, 0.15) is 11.9 Å². The SMILES string of the molecule is COc1ccccc1CN1CC(CCN)OC1=O. The first-order chi connectivity index (χ1) is 8.74. The molecule has 0 radical (unpaired) electrons. The van der Waals surface area contributed by atoms with Gasteiger partial charge in [0, 0.05) is 5.56 Å². The van der Waals surface area contributed by atoms with E-state index in [1.165, 1.54) is 0 Å². The van der Waals surface area contributed by atoms with Crippen LogP contribution in [-0.4, -0.2) is 37.3 Å². The average molecular weight is 250 g/mol. The van der Waals surface area contributed by atoms with Gasteiger partial charge < -0.3 is 20.1 Å². The van der Waals surface area contributed by atoms with Crippen molar-refractivity contribution in [2.24, 2.45) is 5.73 Å². The Bertz CT molecular complexity index is 422. The number of carbonyl (C=O) groups is 1. The molecular weight excluding hydrogens is 232 g/mol. The van der Waals surface area contributed by atoms with E-state index in [-0.39, 0.29) is 12.2 Å². The van der Waals surface area contributed by atoms with Gasteiger partial charge >= 0.3 is 6.09 Å². The van der Waals surface area contributed by atoms with E-state index in [4.69, 9.17) is 15.2 Å². The molecule has 0 spiro atoms. The van der Waals surface area contributed by atoms with Crippen LogP contribution in [0.25, 0.3) is 0 Å². The number of cyclic esters (lactones) is 1. The van der Waals surface area contributed by atoms with Crippen molar-refractivity contribution >= 4 is 6.09 Å². The van der Waals surface area contributed by atoms with Crippen LogP contribution in [-0.2, 0) is 11.3 Å². The minimum Gasteiger partial charge on any atom is -0.496 e. The van der Waals surface area contributed by atoms with Crippen LogP contribution in [0.4, 0.5) is 4.79 Å². The number of nitrogens with two attached hydrogens (primary N) is 1. The third-order valence-electron chi connectivity index (χ3n) is 2.99. The van der Waals surface area contributed by atoms with Crippen LogP contribution in [0.5, 0.6) is 5.75 Å². The Labute approximate surface area is 106 Å². The molecule has 18 heavy (non-hydrogen) atoms. The lowest BCUT2D eigenvalue weighted by Crippen LogP contribution is -2.25. The zero-order chi connectivity index (χ0) is 13.0.